The van der Waals surface area contributed by atoms with Crippen molar-refractivity contribution >= 4 is 28.6 Å². The van der Waals surface area contributed by atoms with E-state index in [9.17, 15) is 4.79 Å². The molecule has 0 saturated carbocycles. The molecule has 3 rings (SSSR count). The van der Waals surface area contributed by atoms with Crippen molar-refractivity contribution in [3.8, 4) is 0 Å². The first kappa shape index (κ1) is 18.4. The Morgan fingerprint density at radius 3 is 2.69 bits per heavy atom. The minimum atomic E-state index is -0.790. The van der Waals surface area contributed by atoms with Crippen molar-refractivity contribution in [1.82, 2.24) is 14.5 Å². The molecule has 3 aromatic rings. The monoisotopic (exact) mass is 371 g/mol. The van der Waals surface area contributed by atoms with Crippen LogP contribution in [-0.4, -0.2) is 39.1 Å². The number of halogens is 1. The number of aliphatic carboxylic acids is 1. The number of carboxylic acid groups (broad SMARTS) is 1. The third kappa shape index (κ3) is 4.23. The van der Waals surface area contributed by atoms with Crippen LogP contribution in [0.2, 0.25) is 5.02 Å². The molecule has 0 amide bonds. The smallest absolute Gasteiger partial charge is 0.307 e. The molecule has 0 radical (unpaired) electrons. The Labute approximate surface area is 157 Å². The highest BCUT2D eigenvalue weighted by atomic mass is 35.5. The summed E-state index contributed by atoms with van der Waals surface area (Å²) in [5, 5.41) is 9.78. The summed E-state index contributed by atoms with van der Waals surface area (Å²) in [4.78, 5) is 17.9. The lowest BCUT2D eigenvalue weighted by atomic mass is 10.2. The molecule has 0 fully saturated rings. The Morgan fingerprint density at radius 1 is 1.27 bits per heavy atom. The fourth-order valence-corrected chi connectivity index (χ4v) is 3.23. The zero-order valence-corrected chi connectivity index (χ0v) is 15.6. The number of hydrogen-bond acceptors (Lipinski definition) is 3. The number of carbonyl (C=O) groups is 1. The van der Waals surface area contributed by atoms with E-state index in [4.69, 9.17) is 21.7 Å². The van der Waals surface area contributed by atoms with Crippen molar-refractivity contribution in [1.29, 1.82) is 0 Å². The summed E-state index contributed by atoms with van der Waals surface area (Å²) in [5.74, 6) is -0.325. The minimum Gasteiger partial charge on any atom is -0.481 e. The fourth-order valence-electron chi connectivity index (χ4n) is 3.07. The molecule has 1 heterocycles. The first-order valence-electron chi connectivity index (χ1n) is 8.54. The van der Waals surface area contributed by atoms with Crippen molar-refractivity contribution in [3.63, 3.8) is 0 Å². The van der Waals surface area contributed by atoms with Crippen LogP contribution in [0.25, 0.3) is 11.0 Å². The van der Waals surface area contributed by atoms with Gasteiger partial charge in [-0.25, -0.2) is 4.98 Å². The van der Waals surface area contributed by atoms with E-state index in [1.165, 1.54) is 5.56 Å². The molecule has 0 aliphatic rings. The van der Waals surface area contributed by atoms with Crippen LogP contribution in [0.4, 0.5) is 0 Å². The van der Waals surface area contributed by atoms with Crippen LogP contribution in [0, 0.1) is 5.92 Å². The van der Waals surface area contributed by atoms with Crippen molar-refractivity contribution in [2.45, 2.75) is 20.0 Å². The van der Waals surface area contributed by atoms with Gasteiger partial charge in [0.05, 0.1) is 23.5 Å². The molecule has 0 saturated heterocycles. The van der Waals surface area contributed by atoms with E-state index >= 15 is 0 Å². The topological polar surface area (TPSA) is 58.4 Å². The number of aromatic nitrogens is 2. The minimum absolute atomic E-state index is 0.429. The van der Waals surface area contributed by atoms with E-state index in [0.717, 1.165) is 16.9 Å². The van der Waals surface area contributed by atoms with E-state index in [-0.39, 0.29) is 0 Å². The van der Waals surface area contributed by atoms with E-state index < -0.39 is 11.9 Å². The second-order valence-electron chi connectivity index (χ2n) is 6.67. The molecule has 1 N–H and O–H groups in total. The second kappa shape index (κ2) is 7.89. The van der Waals surface area contributed by atoms with Gasteiger partial charge in [0.1, 0.15) is 5.82 Å². The first-order valence-corrected chi connectivity index (χ1v) is 8.92. The number of carboxylic acids is 1. The summed E-state index contributed by atoms with van der Waals surface area (Å²) in [6.45, 7) is 3.45. The number of rotatable bonds is 7. The Kier molecular flexibility index (Phi) is 5.59. The van der Waals surface area contributed by atoms with Crippen LogP contribution in [0.5, 0.6) is 0 Å². The average Bonchev–Trinajstić information content (AvgIpc) is 2.91. The molecular formula is C20H22ClN3O2. The van der Waals surface area contributed by atoms with Gasteiger partial charge in [-0.1, -0.05) is 48.9 Å². The summed E-state index contributed by atoms with van der Waals surface area (Å²) < 4.78 is 2.17. The van der Waals surface area contributed by atoms with Gasteiger partial charge >= 0.3 is 5.97 Å². The van der Waals surface area contributed by atoms with Crippen LogP contribution in [0.1, 0.15) is 18.3 Å². The van der Waals surface area contributed by atoms with E-state index in [2.05, 4.69) is 16.7 Å². The van der Waals surface area contributed by atoms with Crippen LogP contribution in [-0.2, 0) is 17.9 Å². The molecule has 2 aromatic carbocycles. The summed E-state index contributed by atoms with van der Waals surface area (Å²) in [7, 11) is 1.92. The Morgan fingerprint density at radius 2 is 2.00 bits per heavy atom. The maximum Gasteiger partial charge on any atom is 0.307 e. The van der Waals surface area contributed by atoms with Gasteiger partial charge in [0.2, 0.25) is 0 Å². The van der Waals surface area contributed by atoms with Gasteiger partial charge in [0.25, 0.3) is 0 Å². The van der Waals surface area contributed by atoms with Crippen molar-refractivity contribution in [2.24, 2.45) is 5.92 Å². The fraction of sp³-hybridized carbons (Fsp3) is 0.300. The largest absolute Gasteiger partial charge is 0.481 e. The van der Waals surface area contributed by atoms with E-state index in [0.29, 0.717) is 24.7 Å². The van der Waals surface area contributed by atoms with Gasteiger partial charge in [0.15, 0.2) is 0 Å². The molecule has 136 valence electrons. The average molecular weight is 372 g/mol. The second-order valence-corrected chi connectivity index (χ2v) is 7.11. The predicted octanol–water partition coefficient (Wildman–Crippen LogP) is 3.89. The van der Waals surface area contributed by atoms with Crippen LogP contribution < -0.4 is 0 Å². The lowest BCUT2D eigenvalue weighted by molar-refractivity contribution is -0.141. The van der Waals surface area contributed by atoms with Gasteiger partial charge in [-0.15, -0.1) is 0 Å². The molecule has 0 aliphatic carbocycles. The zero-order valence-electron chi connectivity index (χ0n) is 14.9. The molecular weight excluding hydrogens is 350 g/mol. The molecule has 1 unspecified atom stereocenters. The van der Waals surface area contributed by atoms with Crippen LogP contribution in [0.15, 0.2) is 48.5 Å². The van der Waals surface area contributed by atoms with E-state index in [1.807, 2.05) is 48.3 Å². The quantitative estimate of drug-likeness (QED) is 0.684. The zero-order chi connectivity index (χ0) is 18.7. The van der Waals surface area contributed by atoms with Gasteiger partial charge in [0, 0.05) is 18.1 Å². The first-order chi connectivity index (χ1) is 12.4. The van der Waals surface area contributed by atoms with Crippen molar-refractivity contribution in [3.05, 3.63) is 64.9 Å². The third-order valence-corrected chi connectivity index (χ3v) is 4.63. The highest BCUT2D eigenvalue weighted by Crippen LogP contribution is 2.22. The summed E-state index contributed by atoms with van der Waals surface area (Å²) >= 11 is 6.12. The maximum absolute atomic E-state index is 11.1. The van der Waals surface area contributed by atoms with Gasteiger partial charge in [-0.3, -0.25) is 9.69 Å². The Bertz CT molecular complexity index is 908. The number of nitrogens with zero attached hydrogens (tertiary/aromatic N) is 3. The number of benzene rings is 2. The summed E-state index contributed by atoms with van der Waals surface area (Å²) in [6.07, 6.45) is 0. The summed E-state index contributed by atoms with van der Waals surface area (Å²) in [6, 6.07) is 15.9. The maximum atomic E-state index is 11.1. The number of fused-ring (bicyclic) bond motifs is 1. The predicted molar refractivity (Wildman–Crippen MR) is 103 cm³/mol. The Hall–Kier alpha value is -2.37. The Balaban J connectivity index is 1.92. The lowest BCUT2D eigenvalue weighted by Gasteiger charge is -2.19. The molecule has 6 heteroatoms. The van der Waals surface area contributed by atoms with Gasteiger partial charge in [-0.2, -0.15) is 0 Å². The molecule has 1 aromatic heterocycles. The van der Waals surface area contributed by atoms with E-state index in [1.54, 1.807) is 6.92 Å². The molecule has 1 atom stereocenters. The molecule has 0 aliphatic heterocycles. The van der Waals surface area contributed by atoms with Gasteiger partial charge < -0.3 is 9.67 Å². The lowest BCUT2D eigenvalue weighted by Crippen LogP contribution is -2.29. The highest BCUT2D eigenvalue weighted by molar-refractivity contribution is 6.31. The highest BCUT2D eigenvalue weighted by Gasteiger charge is 2.17. The number of hydrogen-bond donors (Lipinski definition) is 1. The molecule has 5 nitrogen and oxygen atoms in total. The van der Waals surface area contributed by atoms with Crippen LogP contribution >= 0.6 is 11.6 Å². The van der Waals surface area contributed by atoms with Gasteiger partial charge in [-0.05, 0) is 30.8 Å². The van der Waals surface area contributed by atoms with Crippen molar-refractivity contribution in [2.75, 3.05) is 13.6 Å². The molecule has 0 spiro atoms. The summed E-state index contributed by atoms with van der Waals surface area (Å²) in [5.41, 5.74) is 3.06. The molecule has 26 heavy (non-hydrogen) atoms. The normalized spacial score (nSPS) is 12.6. The standard InChI is InChI=1S/C20H22ClN3O2/c1-14(20(25)26)11-23(2)13-19-22-17-10-16(21)8-9-18(17)24(19)12-15-6-4-3-5-7-15/h3-10,14H,11-13H2,1-2H3,(H,25,26). The molecule has 0 bridgehead atoms. The SMILES string of the molecule is CC(CN(C)Cc1nc2cc(Cl)ccc2n1Cc1ccccc1)C(=O)O. The number of imidazole rings is 1. The van der Waals surface area contributed by atoms with Crippen molar-refractivity contribution < 1.29 is 9.90 Å². The van der Waals surface area contributed by atoms with Crippen LogP contribution in [0.3, 0.4) is 0 Å². The third-order valence-electron chi connectivity index (χ3n) is 4.39.